The molecule has 1 rings (SSSR count). The highest BCUT2D eigenvalue weighted by molar-refractivity contribution is 6.74. The van der Waals surface area contributed by atoms with Gasteiger partial charge in [0.05, 0.1) is 12.7 Å². The van der Waals surface area contributed by atoms with Crippen molar-refractivity contribution in [2.24, 2.45) is 0 Å². The number of ether oxygens (including phenoxy) is 2. The number of hydrogen-bond acceptors (Lipinski definition) is 3. The van der Waals surface area contributed by atoms with Gasteiger partial charge in [-0.25, -0.2) is 0 Å². The van der Waals surface area contributed by atoms with Crippen LogP contribution in [0.2, 0.25) is 18.1 Å². The topological polar surface area (TPSA) is 27.7 Å². The predicted octanol–water partition coefficient (Wildman–Crippen LogP) is 3.94. The molecule has 0 aliphatic carbocycles. The lowest BCUT2D eigenvalue weighted by Gasteiger charge is -2.38. The van der Waals surface area contributed by atoms with E-state index in [2.05, 4.69) is 33.9 Å². The van der Waals surface area contributed by atoms with E-state index in [1.807, 2.05) is 13.8 Å². The highest BCUT2D eigenvalue weighted by atomic mass is 28.4. The van der Waals surface area contributed by atoms with Crippen molar-refractivity contribution in [2.45, 2.75) is 77.5 Å². The predicted molar refractivity (Wildman–Crippen MR) is 77.3 cm³/mol. The molecule has 1 saturated heterocycles. The molecule has 4 heteroatoms. The molecule has 3 nitrogen and oxygen atoms in total. The van der Waals surface area contributed by atoms with Crippen molar-refractivity contribution < 1.29 is 13.9 Å². The van der Waals surface area contributed by atoms with Crippen molar-refractivity contribution in [3.63, 3.8) is 0 Å². The lowest BCUT2D eigenvalue weighted by Crippen LogP contribution is -2.43. The molecule has 0 spiro atoms. The Morgan fingerprint density at radius 3 is 2.39 bits per heavy atom. The Morgan fingerprint density at radius 1 is 1.28 bits per heavy atom. The third-order valence-corrected chi connectivity index (χ3v) is 8.59. The minimum absolute atomic E-state index is 0.276. The summed E-state index contributed by atoms with van der Waals surface area (Å²) in [5.41, 5.74) is 0. The van der Waals surface area contributed by atoms with Gasteiger partial charge in [0, 0.05) is 6.61 Å². The van der Waals surface area contributed by atoms with Gasteiger partial charge in [-0.3, -0.25) is 0 Å². The summed E-state index contributed by atoms with van der Waals surface area (Å²) in [5.74, 6) is -0.431. The molecule has 0 bridgehead atoms. The van der Waals surface area contributed by atoms with Crippen LogP contribution in [0, 0.1) is 0 Å². The summed E-state index contributed by atoms with van der Waals surface area (Å²) >= 11 is 0. The van der Waals surface area contributed by atoms with E-state index in [0.717, 1.165) is 26.1 Å². The normalized spacial score (nSPS) is 25.2. The van der Waals surface area contributed by atoms with Crippen LogP contribution in [0.25, 0.3) is 0 Å². The van der Waals surface area contributed by atoms with Crippen LogP contribution < -0.4 is 0 Å². The second-order valence-electron chi connectivity index (χ2n) is 7.17. The highest BCUT2D eigenvalue weighted by Gasteiger charge is 2.37. The van der Waals surface area contributed by atoms with Gasteiger partial charge < -0.3 is 13.9 Å². The Kier molecular flexibility index (Phi) is 5.04. The van der Waals surface area contributed by atoms with Gasteiger partial charge in [0.25, 0.3) is 0 Å². The van der Waals surface area contributed by atoms with Crippen molar-refractivity contribution in [2.75, 3.05) is 13.2 Å². The zero-order valence-corrected chi connectivity index (χ0v) is 14.1. The van der Waals surface area contributed by atoms with Crippen LogP contribution in [0.3, 0.4) is 0 Å². The summed E-state index contributed by atoms with van der Waals surface area (Å²) in [6.07, 6.45) is 2.22. The van der Waals surface area contributed by atoms with Gasteiger partial charge in [0.2, 0.25) is 0 Å². The first-order valence-corrected chi connectivity index (χ1v) is 9.90. The quantitative estimate of drug-likeness (QED) is 0.727. The molecular weight excluding hydrogens is 244 g/mol. The van der Waals surface area contributed by atoms with E-state index < -0.39 is 14.1 Å². The summed E-state index contributed by atoms with van der Waals surface area (Å²) in [6, 6.07) is 0. The van der Waals surface area contributed by atoms with E-state index in [1.54, 1.807) is 0 Å². The van der Waals surface area contributed by atoms with E-state index >= 15 is 0 Å². The van der Waals surface area contributed by atoms with Crippen LogP contribution in [-0.2, 0) is 13.9 Å². The van der Waals surface area contributed by atoms with Gasteiger partial charge in [0.15, 0.2) is 14.1 Å². The average molecular weight is 274 g/mol. The fraction of sp³-hybridized carbons (Fsp3) is 1.00. The molecule has 1 fully saturated rings. The molecule has 108 valence electrons. The molecule has 0 amide bonds. The number of rotatable bonds is 4. The molecule has 18 heavy (non-hydrogen) atoms. The lowest BCUT2D eigenvalue weighted by atomic mass is 10.1. The molecule has 1 aliphatic rings. The van der Waals surface area contributed by atoms with Crippen molar-refractivity contribution in [1.29, 1.82) is 0 Å². The highest BCUT2D eigenvalue weighted by Crippen LogP contribution is 2.36. The molecule has 0 aromatic carbocycles. The maximum atomic E-state index is 6.18. The molecule has 1 aliphatic heterocycles. The Balaban J connectivity index is 2.34. The van der Waals surface area contributed by atoms with Crippen LogP contribution >= 0.6 is 0 Å². The smallest absolute Gasteiger partial charge is 0.191 e. The first kappa shape index (κ1) is 16.2. The largest absolute Gasteiger partial charge is 0.417 e. The van der Waals surface area contributed by atoms with Crippen LogP contribution in [0.5, 0.6) is 0 Å². The van der Waals surface area contributed by atoms with Gasteiger partial charge in [0.1, 0.15) is 0 Å². The van der Waals surface area contributed by atoms with Gasteiger partial charge in [-0.1, -0.05) is 20.8 Å². The summed E-state index contributed by atoms with van der Waals surface area (Å²) in [4.78, 5) is 0. The van der Waals surface area contributed by atoms with Crippen LogP contribution in [-0.4, -0.2) is 33.4 Å². The fourth-order valence-corrected chi connectivity index (χ4v) is 2.86. The third kappa shape index (κ3) is 4.65. The molecule has 0 aromatic rings. The maximum absolute atomic E-state index is 6.18. The van der Waals surface area contributed by atoms with Crippen molar-refractivity contribution in [3.05, 3.63) is 0 Å². The Morgan fingerprint density at radius 2 is 1.89 bits per heavy atom. The lowest BCUT2D eigenvalue weighted by molar-refractivity contribution is -0.274. The van der Waals surface area contributed by atoms with Crippen LogP contribution in [0.15, 0.2) is 0 Å². The maximum Gasteiger partial charge on any atom is 0.191 e. The summed E-state index contributed by atoms with van der Waals surface area (Å²) < 4.78 is 17.6. The van der Waals surface area contributed by atoms with Crippen molar-refractivity contribution >= 4 is 8.32 Å². The van der Waals surface area contributed by atoms with E-state index in [1.165, 1.54) is 0 Å². The van der Waals surface area contributed by atoms with E-state index in [9.17, 15) is 0 Å². The molecule has 0 unspecified atom stereocenters. The summed E-state index contributed by atoms with van der Waals surface area (Å²) in [5, 5.41) is 0.281. The summed E-state index contributed by atoms with van der Waals surface area (Å²) in [7, 11) is -1.61. The Hall–Kier alpha value is 0.0969. The van der Waals surface area contributed by atoms with Crippen LogP contribution in [0.1, 0.15) is 47.5 Å². The molecule has 1 atom stereocenters. The first-order chi connectivity index (χ1) is 8.04. The van der Waals surface area contributed by atoms with Gasteiger partial charge in [-0.15, -0.1) is 0 Å². The minimum atomic E-state index is -1.61. The molecule has 0 aromatic heterocycles. The first-order valence-electron chi connectivity index (χ1n) is 6.99. The molecule has 0 saturated carbocycles. The monoisotopic (exact) mass is 274 g/mol. The molecular formula is C14H30O3Si. The van der Waals surface area contributed by atoms with Gasteiger partial charge in [-0.2, -0.15) is 0 Å². The Bertz CT molecular complexity index is 269. The van der Waals surface area contributed by atoms with Crippen LogP contribution in [0.4, 0.5) is 0 Å². The van der Waals surface area contributed by atoms with Crippen molar-refractivity contribution in [3.8, 4) is 0 Å². The molecule has 1 heterocycles. The van der Waals surface area contributed by atoms with E-state index in [0.29, 0.717) is 0 Å². The number of hydrogen-bond donors (Lipinski definition) is 0. The molecule has 0 radical (unpaired) electrons. The second-order valence-corrected chi connectivity index (χ2v) is 12.0. The zero-order chi connectivity index (χ0) is 14.0. The second kappa shape index (κ2) is 5.61. The van der Waals surface area contributed by atoms with Gasteiger partial charge >= 0.3 is 0 Å². The summed E-state index contributed by atoms with van der Waals surface area (Å²) in [6.45, 7) is 17.0. The molecule has 0 N–H and O–H groups in total. The minimum Gasteiger partial charge on any atom is -0.417 e. The average Bonchev–Trinajstić information content (AvgIpc) is 2.13. The standard InChI is InChI=1S/C14H30O3Si/c1-13(2,3)18(6,7)16-11-9-12-8-10-15-14(4,5)17-12/h12H,8-11H2,1-7H3/t12-/m1/s1. The zero-order valence-electron chi connectivity index (χ0n) is 13.1. The van der Waals surface area contributed by atoms with Gasteiger partial charge in [-0.05, 0) is 44.8 Å². The van der Waals surface area contributed by atoms with E-state index in [4.69, 9.17) is 13.9 Å². The van der Waals surface area contributed by atoms with E-state index in [-0.39, 0.29) is 11.1 Å². The fourth-order valence-electron chi connectivity index (χ4n) is 1.80. The third-order valence-electron chi connectivity index (χ3n) is 4.05. The SMILES string of the molecule is CC1(C)OCC[C@H](CCO[Si](C)(C)C(C)(C)C)O1. The Labute approximate surface area is 113 Å². The van der Waals surface area contributed by atoms with Crippen molar-refractivity contribution in [1.82, 2.24) is 0 Å².